The molecule has 1 N–H and O–H groups in total. The fourth-order valence-electron chi connectivity index (χ4n) is 2.15. The van der Waals surface area contributed by atoms with E-state index in [4.69, 9.17) is 0 Å². The molecule has 0 fully saturated rings. The second kappa shape index (κ2) is 5.83. The number of hydrogen-bond donors (Lipinski definition) is 1. The van der Waals surface area contributed by atoms with Gasteiger partial charge in [-0.15, -0.1) is 0 Å². The molecule has 0 saturated heterocycles. The van der Waals surface area contributed by atoms with Crippen LogP contribution in [0.15, 0.2) is 28.7 Å². The summed E-state index contributed by atoms with van der Waals surface area (Å²) in [5, 5.41) is 10.6. The van der Waals surface area contributed by atoms with Crippen molar-refractivity contribution < 1.29 is 5.11 Å². The molecule has 1 atom stereocenters. The molecule has 0 radical (unpaired) electrons. The first-order valence-corrected chi connectivity index (χ1v) is 6.78. The summed E-state index contributed by atoms with van der Waals surface area (Å²) in [5.41, 5.74) is 0.249. The van der Waals surface area contributed by atoms with Gasteiger partial charge in [0.15, 0.2) is 0 Å². The van der Waals surface area contributed by atoms with Crippen LogP contribution in [0.2, 0.25) is 0 Å². The largest absolute Gasteiger partial charge is 0.385 e. The molecule has 90 valence electrons. The summed E-state index contributed by atoms with van der Waals surface area (Å²) in [5.74, 6) is 0.585. The number of halogens is 1. The van der Waals surface area contributed by atoms with Crippen LogP contribution in [0, 0.1) is 5.92 Å². The third kappa shape index (κ3) is 3.33. The first-order valence-electron chi connectivity index (χ1n) is 5.98. The van der Waals surface area contributed by atoms with Gasteiger partial charge in [-0.05, 0) is 30.9 Å². The lowest BCUT2D eigenvalue weighted by atomic mass is 9.84. The Morgan fingerprint density at radius 1 is 1.25 bits per heavy atom. The highest BCUT2D eigenvalue weighted by molar-refractivity contribution is 9.10. The van der Waals surface area contributed by atoms with Gasteiger partial charge in [0.2, 0.25) is 0 Å². The maximum Gasteiger partial charge on any atom is 0.0882 e. The van der Waals surface area contributed by atoms with E-state index in [2.05, 4.69) is 29.8 Å². The van der Waals surface area contributed by atoms with Gasteiger partial charge in [0, 0.05) is 4.47 Å². The van der Waals surface area contributed by atoms with Crippen molar-refractivity contribution in [3.05, 3.63) is 34.3 Å². The van der Waals surface area contributed by atoms with Gasteiger partial charge in [-0.25, -0.2) is 0 Å². The van der Waals surface area contributed by atoms with Crippen LogP contribution < -0.4 is 0 Å². The van der Waals surface area contributed by atoms with Crippen molar-refractivity contribution in [3.63, 3.8) is 0 Å². The molecule has 1 aromatic rings. The fraction of sp³-hybridized carbons (Fsp3) is 0.571. The lowest BCUT2D eigenvalue weighted by Crippen LogP contribution is -2.25. The highest BCUT2D eigenvalue weighted by atomic mass is 79.9. The zero-order chi connectivity index (χ0) is 12.2. The van der Waals surface area contributed by atoms with E-state index < -0.39 is 5.60 Å². The smallest absolute Gasteiger partial charge is 0.0882 e. The Hall–Kier alpha value is -0.340. The predicted molar refractivity (Wildman–Crippen MR) is 72.4 cm³/mol. The van der Waals surface area contributed by atoms with Crippen molar-refractivity contribution in [2.24, 2.45) is 5.92 Å². The minimum Gasteiger partial charge on any atom is -0.385 e. The van der Waals surface area contributed by atoms with Gasteiger partial charge in [0.05, 0.1) is 5.60 Å². The fourth-order valence-corrected chi connectivity index (χ4v) is 2.86. The van der Waals surface area contributed by atoms with E-state index in [1.807, 2.05) is 31.2 Å². The Bertz CT molecular complexity index is 329. The Kier molecular flexibility index (Phi) is 5.00. The summed E-state index contributed by atoms with van der Waals surface area (Å²) in [7, 11) is 0. The molecule has 1 rings (SSSR count). The monoisotopic (exact) mass is 284 g/mol. The third-order valence-electron chi connectivity index (χ3n) is 3.29. The van der Waals surface area contributed by atoms with Crippen LogP contribution in [-0.4, -0.2) is 5.11 Å². The molecule has 16 heavy (non-hydrogen) atoms. The molecule has 0 heterocycles. The second-order valence-corrected chi connectivity index (χ2v) is 5.49. The molecule has 0 aliphatic heterocycles. The maximum atomic E-state index is 10.6. The molecule has 1 unspecified atom stereocenters. The highest BCUT2D eigenvalue weighted by Crippen LogP contribution is 2.34. The molecule has 0 spiro atoms. The van der Waals surface area contributed by atoms with Gasteiger partial charge in [0.25, 0.3) is 0 Å². The molecule has 0 aromatic heterocycles. The Balaban J connectivity index is 2.89. The van der Waals surface area contributed by atoms with Gasteiger partial charge < -0.3 is 5.11 Å². The summed E-state index contributed by atoms with van der Waals surface area (Å²) >= 11 is 3.51. The second-order valence-electron chi connectivity index (χ2n) is 4.64. The summed E-state index contributed by atoms with van der Waals surface area (Å²) in [6.07, 6.45) is 3.07. The summed E-state index contributed by atoms with van der Waals surface area (Å²) in [4.78, 5) is 0. The van der Waals surface area contributed by atoms with E-state index in [9.17, 15) is 5.11 Å². The molecule has 0 amide bonds. The molecule has 2 heteroatoms. The normalized spacial score (nSPS) is 15.1. The van der Waals surface area contributed by atoms with Crippen molar-refractivity contribution in [1.29, 1.82) is 0 Å². The van der Waals surface area contributed by atoms with Crippen molar-refractivity contribution >= 4 is 15.9 Å². The zero-order valence-corrected chi connectivity index (χ0v) is 11.9. The maximum absolute atomic E-state index is 10.6. The molecular weight excluding hydrogens is 264 g/mol. The first kappa shape index (κ1) is 13.7. The van der Waals surface area contributed by atoms with Crippen LogP contribution in [0.4, 0.5) is 0 Å². The van der Waals surface area contributed by atoms with Crippen LogP contribution >= 0.6 is 15.9 Å². The molecule has 0 bridgehead atoms. The summed E-state index contributed by atoms with van der Waals surface area (Å²) in [6.45, 7) is 6.28. The number of benzene rings is 1. The average Bonchev–Trinajstić information content (AvgIpc) is 2.26. The Labute approximate surface area is 107 Å². The van der Waals surface area contributed by atoms with E-state index in [1.165, 1.54) is 0 Å². The molecule has 1 nitrogen and oxygen atoms in total. The van der Waals surface area contributed by atoms with Crippen LogP contribution in [0.1, 0.15) is 45.6 Å². The van der Waals surface area contributed by atoms with Crippen LogP contribution in [0.5, 0.6) is 0 Å². The van der Waals surface area contributed by atoms with Gasteiger partial charge in [-0.2, -0.15) is 0 Å². The number of rotatable bonds is 5. The van der Waals surface area contributed by atoms with Crippen LogP contribution in [0.25, 0.3) is 0 Å². The van der Waals surface area contributed by atoms with Crippen molar-refractivity contribution in [2.75, 3.05) is 0 Å². The number of aliphatic hydroxyl groups is 1. The predicted octanol–water partition coefficient (Wildman–Crippen LogP) is 4.48. The Morgan fingerprint density at radius 2 is 1.81 bits per heavy atom. The van der Waals surface area contributed by atoms with Gasteiger partial charge in [-0.1, -0.05) is 60.8 Å². The van der Waals surface area contributed by atoms with E-state index in [0.717, 1.165) is 29.3 Å². The molecule has 0 aliphatic rings. The zero-order valence-electron chi connectivity index (χ0n) is 10.3. The van der Waals surface area contributed by atoms with Gasteiger partial charge >= 0.3 is 0 Å². The summed E-state index contributed by atoms with van der Waals surface area (Å²) in [6, 6.07) is 7.92. The quantitative estimate of drug-likeness (QED) is 0.845. The van der Waals surface area contributed by atoms with Gasteiger partial charge in [-0.3, -0.25) is 0 Å². The lowest BCUT2D eigenvalue weighted by molar-refractivity contribution is 0.0279. The third-order valence-corrected chi connectivity index (χ3v) is 3.99. The molecular formula is C14H21BrO. The first-order chi connectivity index (χ1) is 7.51. The minimum absolute atomic E-state index is 0.585. The topological polar surface area (TPSA) is 20.2 Å². The number of hydrogen-bond acceptors (Lipinski definition) is 1. The molecule has 0 aliphatic carbocycles. The highest BCUT2D eigenvalue weighted by Gasteiger charge is 2.27. The standard InChI is InChI=1S/C14H21BrO/c1-4-11(5-2)10-14(3,16)12-8-6-7-9-13(12)15/h6-9,11,16H,4-5,10H2,1-3H3. The van der Waals surface area contributed by atoms with Crippen LogP contribution in [0.3, 0.4) is 0 Å². The van der Waals surface area contributed by atoms with Crippen LogP contribution in [-0.2, 0) is 5.60 Å². The van der Waals surface area contributed by atoms with Gasteiger partial charge in [0.1, 0.15) is 0 Å². The minimum atomic E-state index is -0.739. The SMILES string of the molecule is CCC(CC)CC(C)(O)c1ccccc1Br. The van der Waals surface area contributed by atoms with E-state index in [1.54, 1.807) is 0 Å². The molecule has 1 aromatic carbocycles. The average molecular weight is 285 g/mol. The van der Waals surface area contributed by atoms with E-state index in [0.29, 0.717) is 5.92 Å². The van der Waals surface area contributed by atoms with E-state index in [-0.39, 0.29) is 0 Å². The van der Waals surface area contributed by atoms with Crippen molar-refractivity contribution in [2.45, 2.75) is 45.6 Å². The van der Waals surface area contributed by atoms with Crippen molar-refractivity contribution in [1.82, 2.24) is 0 Å². The Morgan fingerprint density at radius 3 is 2.31 bits per heavy atom. The summed E-state index contributed by atoms with van der Waals surface area (Å²) < 4.78 is 0.992. The van der Waals surface area contributed by atoms with Crippen molar-refractivity contribution in [3.8, 4) is 0 Å². The van der Waals surface area contributed by atoms with E-state index >= 15 is 0 Å². The lowest BCUT2D eigenvalue weighted by Gasteiger charge is -2.29. The molecule has 0 saturated carbocycles.